The predicted octanol–water partition coefficient (Wildman–Crippen LogP) is 6.11. The summed E-state index contributed by atoms with van der Waals surface area (Å²) in [7, 11) is 0. The van der Waals surface area contributed by atoms with E-state index in [2.05, 4.69) is 41.7 Å². The summed E-state index contributed by atoms with van der Waals surface area (Å²) in [6.07, 6.45) is 6.01. The maximum absolute atomic E-state index is 12.3. The van der Waals surface area contributed by atoms with Gasteiger partial charge in [-0.2, -0.15) is 0 Å². The number of carbonyl (C=O) groups is 2. The standard InChI is InChI=1S/C29H25NO4/c31-20-34-29(17-18-29)25-15-13-23(14-16-25)22-9-11-24(12-10-22)26-7-4-8-27(26)30-28(32)33-19-21-5-2-1-3-6-21/h1-7,9-16,20H,8,17-19H2,(H,30,32). The molecule has 5 heteroatoms. The Morgan fingerprint density at radius 3 is 2.18 bits per heavy atom. The van der Waals surface area contributed by atoms with Crippen LogP contribution in [0.25, 0.3) is 16.7 Å². The molecule has 0 aliphatic heterocycles. The first-order valence-corrected chi connectivity index (χ1v) is 11.4. The van der Waals surface area contributed by atoms with Crippen LogP contribution in [0.3, 0.4) is 0 Å². The van der Waals surface area contributed by atoms with Gasteiger partial charge in [-0.05, 0) is 40.7 Å². The van der Waals surface area contributed by atoms with E-state index in [-0.39, 0.29) is 6.61 Å². The second kappa shape index (κ2) is 9.40. The molecule has 0 unspecified atom stereocenters. The minimum atomic E-state index is -0.455. The van der Waals surface area contributed by atoms with Crippen molar-refractivity contribution in [3.63, 3.8) is 0 Å². The molecule has 2 aliphatic rings. The van der Waals surface area contributed by atoms with Crippen LogP contribution in [-0.4, -0.2) is 12.6 Å². The van der Waals surface area contributed by atoms with Crippen LogP contribution >= 0.6 is 0 Å². The molecule has 0 saturated heterocycles. The van der Waals surface area contributed by atoms with E-state index in [1.165, 1.54) is 0 Å². The van der Waals surface area contributed by atoms with Crippen LogP contribution in [0.1, 0.15) is 36.0 Å². The number of nitrogens with one attached hydrogen (secondary N) is 1. The molecule has 34 heavy (non-hydrogen) atoms. The van der Waals surface area contributed by atoms with E-state index < -0.39 is 11.7 Å². The normalized spacial score (nSPS) is 15.6. The van der Waals surface area contributed by atoms with Crippen molar-refractivity contribution in [2.75, 3.05) is 0 Å². The Balaban J connectivity index is 1.25. The van der Waals surface area contributed by atoms with Gasteiger partial charge in [0, 0.05) is 17.7 Å². The van der Waals surface area contributed by atoms with E-state index in [1.54, 1.807) is 0 Å². The van der Waals surface area contributed by atoms with Crippen molar-refractivity contribution in [1.29, 1.82) is 0 Å². The van der Waals surface area contributed by atoms with E-state index in [1.807, 2.05) is 54.6 Å². The molecule has 1 saturated carbocycles. The third-order valence-electron chi connectivity index (χ3n) is 6.32. The van der Waals surface area contributed by atoms with Gasteiger partial charge in [0.2, 0.25) is 0 Å². The highest BCUT2D eigenvalue weighted by Gasteiger charge is 2.46. The predicted molar refractivity (Wildman–Crippen MR) is 130 cm³/mol. The highest BCUT2D eigenvalue weighted by Crippen LogP contribution is 2.49. The summed E-state index contributed by atoms with van der Waals surface area (Å²) < 4.78 is 10.7. The number of hydrogen-bond acceptors (Lipinski definition) is 4. The Morgan fingerprint density at radius 1 is 0.882 bits per heavy atom. The van der Waals surface area contributed by atoms with Crippen molar-refractivity contribution in [3.8, 4) is 11.1 Å². The summed E-state index contributed by atoms with van der Waals surface area (Å²) in [5, 5.41) is 2.90. The highest BCUT2D eigenvalue weighted by molar-refractivity contribution is 5.84. The van der Waals surface area contributed by atoms with Gasteiger partial charge in [-0.3, -0.25) is 10.1 Å². The molecule has 5 nitrogen and oxygen atoms in total. The van der Waals surface area contributed by atoms with Crippen molar-refractivity contribution >= 4 is 18.1 Å². The first-order chi connectivity index (χ1) is 16.7. The van der Waals surface area contributed by atoms with Gasteiger partial charge in [0.25, 0.3) is 6.47 Å². The number of hydrogen-bond donors (Lipinski definition) is 1. The first kappa shape index (κ1) is 21.7. The van der Waals surface area contributed by atoms with Crippen LogP contribution in [0.15, 0.2) is 96.7 Å². The van der Waals surface area contributed by atoms with E-state index in [4.69, 9.17) is 9.47 Å². The lowest BCUT2D eigenvalue weighted by Gasteiger charge is -2.14. The summed E-state index contributed by atoms with van der Waals surface area (Å²) in [6, 6.07) is 26.1. The molecule has 1 N–H and O–H groups in total. The van der Waals surface area contributed by atoms with E-state index >= 15 is 0 Å². The van der Waals surface area contributed by atoms with Gasteiger partial charge >= 0.3 is 6.09 Å². The maximum atomic E-state index is 12.3. The van der Waals surface area contributed by atoms with Crippen LogP contribution in [0.4, 0.5) is 4.79 Å². The maximum Gasteiger partial charge on any atom is 0.411 e. The molecule has 5 rings (SSSR count). The molecule has 170 valence electrons. The lowest BCUT2D eigenvalue weighted by Crippen LogP contribution is -2.23. The van der Waals surface area contributed by atoms with Crippen LogP contribution in [0, 0.1) is 0 Å². The number of carbonyl (C=O) groups excluding carboxylic acids is 2. The van der Waals surface area contributed by atoms with E-state index in [0.717, 1.165) is 51.9 Å². The smallest absolute Gasteiger partial charge is 0.411 e. The fraction of sp³-hybridized carbons (Fsp3) is 0.172. The fourth-order valence-electron chi connectivity index (χ4n) is 4.27. The number of benzene rings is 3. The molecule has 1 fully saturated rings. The summed E-state index contributed by atoms with van der Waals surface area (Å²) in [4.78, 5) is 23.1. The Hall–Kier alpha value is -4.12. The SMILES string of the molecule is O=COC1(c2ccc(-c3ccc(C4=C(NC(=O)OCc5ccccc5)CC=C4)cc3)cc2)CC1. The summed E-state index contributed by atoms with van der Waals surface area (Å²) >= 11 is 0. The average molecular weight is 452 g/mol. The molecule has 0 aromatic heterocycles. The summed E-state index contributed by atoms with van der Waals surface area (Å²) in [5.74, 6) is 0. The first-order valence-electron chi connectivity index (χ1n) is 11.4. The fourth-order valence-corrected chi connectivity index (χ4v) is 4.27. The van der Waals surface area contributed by atoms with Crippen molar-refractivity contribution in [1.82, 2.24) is 5.32 Å². The monoisotopic (exact) mass is 451 g/mol. The highest BCUT2D eigenvalue weighted by atomic mass is 16.6. The molecular formula is C29H25NO4. The Morgan fingerprint density at radius 2 is 1.53 bits per heavy atom. The van der Waals surface area contributed by atoms with Gasteiger partial charge in [0.15, 0.2) is 0 Å². The molecule has 3 aromatic carbocycles. The van der Waals surface area contributed by atoms with Crippen LogP contribution in [-0.2, 0) is 26.5 Å². The summed E-state index contributed by atoms with van der Waals surface area (Å²) in [6.45, 7) is 0.774. The number of amides is 1. The Kier molecular flexibility index (Phi) is 6.00. The molecule has 0 bridgehead atoms. The van der Waals surface area contributed by atoms with Crippen molar-refractivity contribution in [2.45, 2.75) is 31.5 Å². The topological polar surface area (TPSA) is 64.6 Å². The van der Waals surface area contributed by atoms with Gasteiger partial charge in [0.1, 0.15) is 12.2 Å². The minimum Gasteiger partial charge on any atom is -0.456 e. The molecule has 0 spiro atoms. The van der Waals surface area contributed by atoms with Crippen LogP contribution in [0.5, 0.6) is 0 Å². The molecule has 2 aliphatic carbocycles. The molecule has 0 heterocycles. The number of rotatable bonds is 8. The van der Waals surface area contributed by atoms with Gasteiger partial charge in [0.05, 0.1) is 0 Å². The lowest BCUT2D eigenvalue weighted by atomic mass is 9.98. The third kappa shape index (κ3) is 4.64. The zero-order chi connectivity index (χ0) is 23.4. The third-order valence-corrected chi connectivity index (χ3v) is 6.32. The molecular weight excluding hydrogens is 426 g/mol. The molecule has 3 aromatic rings. The zero-order valence-corrected chi connectivity index (χ0v) is 18.7. The Bertz CT molecular complexity index is 1240. The quantitative estimate of drug-likeness (QED) is 0.420. The molecule has 0 atom stereocenters. The second-order valence-corrected chi connectivity index (χ2v) is 8.55. The van der Waals surface area contributed by atoms with Gasteiger partial charge < -0.3 is 9.47 Å². The van der Waals surface area contributed by atoms with Gasteiger partial charge in [-0.25, -0.2) is 4.79 Å². The van der Waals surface area contributed by atoms with E-state index in [9.17, 15) is 9.59 Å². The molecule has 1 amide bonds. The van der Waals surface area contributed by atoms with Crippen LogP contribution < -0.4 is 5.32 Å². The zero-order valence-electron chi connectivity index (χ0n) is 18.7. The Labute approximate surface area is 198 Å². The van der Waals surface area contributed by atoms with Crippen molar-refractivity contribution < 1.29 is 19.1 Å². The molecule has 0 radical (unpaired) electrons. The second-order valence-electron chi connectivity index (χ2n) is 8.55. The van der Waals surface area contributed by atoms with Crippen LogP contribution in [0.2, 0.25) is 0 Å². The largest absolute Gasteiger partial charge is 0.456 e. The summed E-state index contributed by atoms with van der Waals surface area (Å²) in [5.41, 5.74) is 6.60. The van der Waals surface area contributed by atoms with Crippen molar-refractivity contribution in [3.05, 3.63) is 113 Å². The number of allylic oxidation sites excluding steroid dienone is 3. The minimum absolute atomic E-state index is 0.235. The number of ether oxygens (including phenoxy) is 2. The van der Waals surface area contributed by atoms with Crippen molar-refractivity contribution in [2.24, 2.45) is 0 Å². The van der Waals surface area contributed by atoms with Gasteiger partial charge in [-0.15, -0.1) is 0 Å². The average Bonchev–Trinajstić information content (AvgIpc) is 3.53. The number of alkyl carbamates (subject to hydrolysis) is 1. The van der Waals surface area contributed by atoms with E-state index in [0.29, 0.717) is 12.9 Å². The lowest BCUT2D eigenvalue weighted by molar-refractivity contribution is -0.136. The van der Waals surface area contributed by atoms with Gasteiger partial charge in [-0.1, -0.05) is 91.0 Å².